The summed E-state index contributed by atoms with van der Waals surface area (Å²) in [5, 5.41) is 9.72. The Hall–Kier alpha value is -0.860. The van der Waals surface area contributed by atoms with E-state index in [9.17, 15) is 5.11 Å². The second-order valence-corrected chi connectivity index (χ2v) is 4.41. The molecule has 16 heavy (non-hydrogen) atoms. The van der Waals surface area contributed by atoms with Crippen LogP contribution in [0, 0.1) is 0 Å². The van der Waals surface area contributed by atoms with Crippen molar-refractivity contribution >= 4 is 0 Å². The molecule has 0 aliphatic carbocycles. The molecule has 1 aromatic rings. The Morgan fingerprint density at radius 3 is 2.38 bits per heavy atom. The van der Waals surface area contributed by atoms with Gasteiger partial charge in [0.25, 0.3) is 0 Å². The molecule has 0 radical (unpaired) electrons. The summed E-state index contributed by atoms with van der Waals surface area (Å²) in [6.45, 7) is 4.33. The molecule has 0 heterocycles. The van der Waals surface area contributed by atoms with Gasteiger partial charge in [0.1, 0.15) is 0 Å². The van der Waals surface area contributed by atoms with E-state index >= 15 is 0 Å². The third-order valence-corrected chi connectivity index (χ3v) is 3.45. The molecular formula is C14H22O2. The average Bonchev–Trinajstić information content (AvgIpc) is 2.37. The van der Waals surface area contributed by atoms with E-state index in [4.69, 9.17) is 4.74 Å². The van der Waals surface area contributed by atoms with E-state index in [-0.39, 0.29) is 18.1 Å². The van der Waals surface area contributed by atoms with E-state index in [1.807, 2.05) is 25.1 Å². The number of aliphatic hydroxyl groups is 1. The molecule has 0 aliphatic rings. The van der Waals surface area contributed by atoms with Gasteiger partial charge in [-0.2, -0.15) is 0 Å². The fourth-order valence-electron chi connectivity index (χ4n) is 2.16. The van der Waals surface area contributed by atoms with Gasteiger partial charge in [0.15, 0.2) is 0 Å². The van der Waals surface area contributed by atoms with E-state index in [0.29, 0.717) is 0 Å². The van der Waals surface area contributed by atoms with Gasteiger partial charge in [-0.15, -0.1) is 0 Å². The van der Waals surface area contributed by atoms with Crippen LogP contribution in [-0.2, 0) is 10.2 Å². The second kappa shape index (κ2) is 6.02. The van der Waals surface area contributed by atoms with Crippen LogP contribution in [0.2, 0.25) is 0 Å². The summed E-state index contributed by atoms with van der Waals surface area (Å²) in [7, 11) is 1.72. The molecule has 0 saturated carbocycles. The van der Waals surface area contributed by atoms with Gasteiger partial charge >= 0.3 is 0 Å². The lowest BCUT2D eigenvalue weighted by atomic mass is 9.75. The minimum absolute atomic E-state index is 0.160. The molecular weight excluding hydrogens is 200 g/mol. The van der Waals surface area contributed by atoms with Gasteiger partial charge in [-0.3, -0.25) is 0 Å². The summed E-state index contributed by atoms with van der Waals surface area (Å²) in [5.74, 6) is 0. The highest BCUT2D eigenvalue weighted by molar-refractivity contribution is 5.25. The topological polar surface area (TPSA) is 29.5 Å². The summed E-state index contributed by atoms with van der Waals surface area (Å²) in [6.07, 6.45) is 1.93. The normalized spacial score (nSPS) is 16.8. The molecule has 0 bridgehead atoms. The monoisotopic (exact) mass is 222 g/mol. The third-order valence-electron chi connectivity index (χ3n) is 3.45. The quantitative estimate of drug-likeness (QED) is 0.802. The van der Waals surface area contributed by atoms with Crippen LogP contribution in [0.4, 0.5) is 0 Å². The lowest BCUT2D eigenvalue weighted by molar-refractivity contribution is 0.0648. The Morgan fingerprint density at radius 1 is 1.31 bits per heavy atom. The molecule has 2 heteroatoms. The van der Waals surface area contributed by atoms with Crippen LogP contribution in [0.3, 0.4) is 0 Å². The minimum atomic E-state index is -0.170. The van der Waals surface area contributed by atoms with Crippen molar-refractivity contribution in [3.8, 4) is 0 Å². The van der Waals surface area contributed by atoms with E-state index in [1.165, 1.54) is 5.56 Å². The van der Waals surface area contributed by atoms with Gasteiger partial charge in [-0.25, -0.2) is 0 Å². The number of hydrogen-bond acceptors (Lipinski definition) is 2. The summed E-state index contributed by atoms with van der Waals surface area (Å²) in [5.41, 5.74) is 1.03. The van der Waals surface area contributed by atoms with Crippen LogP contribution in [0.5, 0.6) is 0 Å². The van der Waals surface area contributed by atoms with Crippen molar-refractivity contribution < 1.29 is 9.84 Å². The molecule has 1 N–H and O–H groups in total. The zero-order valence-electron chi connectivity index (χ0n) is 10.4. The number of rotatable bonds is 6. The Labute approximate surface area is 98.3 Å². The van der Waals surface area contributed by atoms with Crippen LogP contribution in [0.25, 0.3) is 0 Å². The molecule has 0 aromatic heterocycles. The maximum absolute atomic E-state index is 9.72. The average molecular weight is 222 g/mol. The Bertz CT molecular complexity index is 291. The molecule has 0 fully saturated rings. The molecule has 90 valence electrons. The first-order valence-corrected chi connectivity index (χ1v) is 5.87. The Kier molecular flexibility index (Phi) is 4.97. The first-order chi connectivity index (χ1) is 7.68. The zero-order valence-corrected chi connectivity index (χ0v) is 10.4. The Morgan fingerprint density at radius 2 is 1.94 bits per heavy atom. The molecule has 0 spiro atoms. The fourth-order valence-corrected chi connectivity index (χ4v) is 2.16. The van der Waals surface area contributed by atoms with Crippen LogP contribution < -0.4 is 0 Å². The van der Waals surface area contributed by atoms with Crippen molar-refractivity contribution in [2.75, 3.05) is 13.7 Å². The molecule has 2 unspecified atom stereocenters. The predicted molar refractivity (Wildman–Crippen MR) is 66.6 cm³/mol. The maximum Gasteiger partial charge on any atom is 0.0552 e. The highest BCUT2D eigenvalue weighted by Crippen LogP contribution is 2.33. The first kappa shape index (κ1) is 13.2. The summed E-state index contributed by atoms with van der Waals surface area (Å²) in [4.78, 5) is 0. The number of aliphatic hydroxyl groups excluding tert-OH is 1. The highest BCUT2D eigenvalue weighted by Gasteiger charge is 2.31. The minimum Gasteiger partial charge on any atom is -0.395 e. The van der Waals surface area contributed by atoms with Crippen molar-refractivity contribution in [2.45, 2.75) is 38.2 Å². The molecule has 0 aliphatic heterocycles. The van der Waals surface area contributed by atoms with Gasteiger partial charge in [-0.1, -0.05) is 37.3 Å². The van der Waals surface area contributed by atoms with E-state index in [0.717, 1.165) is 12.8 Å². The van der Waals surface area contributed by atoms with Crippen molar-refractivity contribution in [3.63, 3.8) is 0 Å². The van der Waals surface area contributed by atoms with Gasteiger partial charge in [-0.05, 0) is 25.3 Å². The summed E-state index contributed by atoms with van der Waals surface area (Å²) < 4.78 is 5.32. The van der Waals surface area contributed by atoms with Crippen LogP contribution in [0.1, 0.15) is 32.3 Å². The van der Waals surface area contributed by atoms with Gasteiger partial charge in [0, 0.05) is 12.5 Å². The summed E-state index contributed by atoms with van der Waals surface area (Å²) in [6, 6.07) is 10.2. The third kappa shape index (κ3) is 2.83. The van der Waals surface area contributed by atoms with E-state index in [2.05, 4.69) is 19.1 Å². The first-order valence-electron chi connectivity index (χ1n) is 5.87. The lowest BCUT2D eigenvalue weighted by Crippen LogP contribution is -2.34. The molecule has 0 saturated heterocycles. The van der Waals surface area contributed by atoms with Gasteiger partial charge < -0.3 is 9.84 Å². The predicted octanol–water partition coefficient (Wildman–Crippen LogP) is 2.75. The number of benzene rings is 1. The van der Waals surface area contributed by atoms with Gasteiger partial charge in [0.05, 0.1) is 12.7 Å². The maximum atomic E-state index is 9.72. The van der Waals surface area contributed by atoms with Crippen LogP contribution >= 0.6 is 0 Å². The largest absolute Gasteiger partial charge is 0.395 e. The molecule has 1 aromatic carbocycles. The van der Waals surface area contributed by atoms with Gasteiger partial charge in [0.2, 0.25) is 0 Å². The number of ether oxygens (including phenoxy) is 1. The van der Waals surface area contributed by atoms with Crippen molar-refractivity contribution in [2.24, 2.45) is 0 Å². The molecule has 2 atom stereocenters. The van der Waals surface area contributed by atoms with E-state index in [1.54, 1.807) is 7.11 Å². The van der Waals surface area contributed by atoms with Crippen molar-refractivity contribution in [1.82, 2.24) is 0 Å². The standard InChI is InChI=1S/C14H22O2/c1-4-14(11-15,10-12(2)16-3)13-8-6-5-7-9-13/h5-9,12,15H,4,10-11H2,1-3H3. The zero-order chi connectivity index (χ0) is 12.0. The number of hydrogen-bond donors (Lipinski definition) is 1. The number of methoxy groups -OCH3 is 1. The smallest absolute Gasteiger partial charge is 0.0552 e. The second-order valence-electron chi connectivity index (χ2n) is 4.41. The van der Waals surface area contributed by atoms with Crippen LogP contribution in [-0.4, -0.2) is 24.9 Å². The van der Waals surface area contributed by atoms with Crippen LogP contribution in [0.15, 0.2) is 30.3 Å². The lowest BCUT2D eigenvalue weighted by Gasteiger charge is -2.33. The molecule has 2 nitrogen and oxygen atoms in total. The van der Waals surface area contributed by atoms with Crippen molar-refractivity contribution in [3.05, 3.63) is 35.9 Å². The SMILES string of the molecule is CCC(CO)(CC(C)OC)c1ccccc1. The fraction of sp³-hybridized carbons (Fsp3) is 0.571. The Balaban J connectivity index is 2.96. The molecule has 0 amide bonds. The molecule has 1 rings (SSSR count). The summed E-state index contributed by atoms with van der Waals surface area (Å²) >= 11 is 0. The highest BCUT2D eigenvalue weighted by atomic mass is 16.5. The van der Waals surface area contributed by atoms with Crippen molar-refractivity contribution in [1.29, 1.82) is 0 Å². The van der Waals surface area contributed by atoms with E-state index < -0.39 is 0 Å².